The van der Waals surface area contributed by atoms with Crippen LogP contribution in [-0.2, 0) is 4.74 Å². The first kappa shape index (κ1) is 14.1. The molecule has 1 aromatic heterocycles. The van der Waals surface area contributed by atoms with Crippen LogP contribution in [0.25, 0.3) is 0 Å². The molecular weight excluding hydrogens is 242 g/mol. The molecule has 1 N–H and O–H groups in total. The van der Waals surface area contributed by atoms with Crippen molar-refractivity contribution < 1.29 is 9.53 Å². The fraction of sp³-hybridized carbons (Fsp3) is 0.643. The summed E-state index contributed by atoms with van der Waals surface area (Å²) < 4.78 is 7.15. The molecule has 0 aliphatic carbocycles. The molecule has 0 spiro atoms. The van der Waals surface area contributed by atoms with Gasteiger partial charge < -0.3 is 19.5 Å². The Morgan fingerprint density at radius 3 is 2.95 bits per heavy atom. The van der Waals surface area contributed by atoms with Crippen LogP contribution in [0.5, 0.6) is 0 Å². The molecule has 1 amide bonds. The van der Waals surface area contributed by atoms with Gasteiger partial charge in [0.2, 0.25) is 0 Å². The van der Waals surface area contributed by atoms with E-state index in [4.69, 9.17) is 4.74 Å². The number of hydrogen-bond donors (Lipinski definition) is 1. The van der Waals surface area contributed by atoms with Gasteiger partial charge >= 0.3 is 0 Å². The van der Waals surface area contributed by atoms with E-state index in [1.807, 2.05) is 25.4 Å². The second kappa shape index (κ2) is 6.73. The van der Waals surface area contributed by atoms with Gasteiger partial charge in [-0.3, -0.25) is 4.79 Å². The molecule has 1 aliphatic rings. The number of ether oxygens (including phenoxy) is 1. The molecule has 0 unspecified atom stereocenters. The van der Waals surface area contributed by atoms with Gasteiger partial charge in [0.15, 0.2) is 0 Å². The van der Waals surface area contributed by atoms with Crippen molar-refractivity contribution in [3.63, 3.8) is 0 Å². The molecule has 1 aliphatic heterocycles. The average Bonchev–Trinajstić information content (AvgIpc) is 2.94. The Bertz CT molecular complexity index is 411. The molecule has 5 nitrogen and oxygen atoms in total. The van der Waals surface area contributed by atoms with Gasteiger partial charge in [-0.15, -0.1) is 0 Å². The lowest BCUT2D eigenvalue weighted by Gasteiger charge is -2.27. The number of aromatic nitrogens is 1. The molecule has 106 valence electrons. The van der Waals surface area contributed by atoms with Crippen LogP contribution in [0, 0.1) is 0 Å². The number of nitrogens with one attached hydrogen (secondary N) is 1. The minimum Gasteiger partial charge on any atom is -0.383 e. The second-order valence-corrected chi connectivity index (χ2v) is 5.00. The molecule has 0 radical (unpaired) electrons. The summed E-state index contributed by atoms with van der Waals surface area (Å²) in [5, 5.41) is 3.35. The minimum atomic E-state index is 0.0700. The van der Waals surface area contributed by atoms with Gasteiger partial charge in [-0.25, -0.2) is 0 Å². The third-order valence-corrected chi connectivity index (χ3v) is 3.68. The Morgan fingerprint density at radius 1 is 1.53 bits per heavy atom. The van der Waals surface area contributed by atoms with Crippen LogP contribution in [0.3, 0.4) is 0 Å². The molecule has 1 saturated heterocycles. The smallest absolute Gasteiger partial charge is 0.270 e. The van der Waals surface area contributed by atoms with Crippen molar-refractivity contribution in [2.75, 3.05) is 40.4 Å². The summed E-state index contributed by atoms with van der Waals surface area (Å²) in [6.07, 6.45) is 4.18. The number of carbonyl (C=O) groups excluding carboxylic acids is 1. The van der Waals surface area contributed by atoms with Crippen molar-refractivity contribution in [2.45, 2.75) is 18.9 Å². The normalized spacial score (nSPS) is 16.5. The summed E-state index contributed by atoms with van der Waals surface area (Å²) in [4.78, 5) is 14.1. The molecule has 0 bridgehead atoms. The summed E-state index contributed by atoms with van der Waals surface area (Å²) in [6, 6.07) is 4.30. The van der Waals surface area contributed by atoms with Crippen molar-refractivity contribution in [1.82, 2.24) is 14.8 Å². The molecule has 0 aromatic carbocycles. The lowest BCUT2D eigenvalue weighted by Crippen LogP contribution is -2.34. The third kappa shape index (κ3) is 3.36. The van der Waals surface area contributed by atoms with E-state index in [1.54, 1.807) is 12.0 Å². The van der Waals surface area contributed by atoms with Crippen molar-refractivity contribution in [3.05, 3.63) is 24.0 Å². The third-order valence-electron chi connectivity index (χ3n) is 3.68. The highest BCUT2D eigenvalue weighted by Gasteiger charge is 2.21. The van der Waals surface area contributed by atoms with Gasteiger partial charge in [0.25, 0.3) is 5.91 Å². The van der Waals surface area contributed by atoms with Crippen LogP contribution in [0.2, 0.25) is 0 Å². The first-order valence-corrected chi connectivity index (χ1v) is 6.86. The summed E-state index contributed by atoms with van der Waals surface area (Å²) in [5.74, 6) is 0.0700. The molecule has 0 saturated carbocycles. The van der Waals surface area contributed by atoms with Crippen LogP contribution >= 0.6 is 0 Å². The summed E-state index contributed by atoms with van der Waals surface area (Å²) in [5.41, 5.74) is 0.783. The number of nitrogens with zero attached hydrogens (tertiary/aromatic N) is 2. The lowest BCUT2D eigenvalue weighted by molar-refractivity contribution is 0.0730. The second-order valence-electron chi connectivity index (χ2n) is 5.00. The lowest BCUT2D eigenvalue weighted by atomic mass is 10.1. The number of hydrogen-bond acceptors (Lipinski definition) is 3. The molecule has 5 heteroatoms. The quantitative estimate of drug-likeness (QED) is 0.868. The van der Waals surface area contributed by atoms with Crippen LogP contribution in [0.4, 0.5) is 0 Å². The SMILES string of the molecule is COCCN(C)C(=O)c1cccn1C1CCNCC1. The van der Waals surface area contributed by atoms with Gasteiger partial charge in [0.05, 0.1) is 6.61 Å². The van der Waals surface area contributed by atoms with Crippen molar-refractivity contribution in [3.8, 4) is 0 Å². The van der Waals surface area contributed by atoms with E-state index < -0.39 is 0 Å². The van der Waals surface area contributed by atoms with E-state index in [9.17, 15) is 4.79 Å². The molecule has 1 fully saturated rings. The standard InChI is InChI=1S/C14H23N3O2/c1-16(10-11-19-2)14(18)13-4-3-9-17(13)12-5-7-15-8-6-12/h3-4,9,12,15H,5-8,10-11H2,1-2H3. The Kier molecular flexibility index (Phi) is 4.99. The highest BCUT2D eigenvalue weighted by Crippen LogP contribution is 2.21. The summed E-state index contributed by atoms with van der Waals surface area (Å²) in [6.45, 7) is 3.23. The van der Waals surface area contributed by atoms with Crippen molar-refractivity contribution in [1.29, 1.82) is 0 Å². The van der Waals surface area contributed by atoms with Crippen molar-refractivity contribution in [2.24, 2.45) is 0 Å². The van der Waals surface area contributed by atoms with Gasteiger partial charge in [-0.05, 0) is 38.1 Å². The number of amides is 1. The average molecular weight is 265 g/mol. The molecule has 1 aromatic rings. The van der Waals surface area contributed by atoms with Crippen molar-refractivity contribution >= 4 is 5.91 Å². The van der Waals surface area contributed by atoms with E-state index >= 15 is 0 Å². The Morgan fingerprint density at radius 2 is 2.26 bits per heavy atom. The fourth-order valence-corrected chi connectivity index (χ4v) is 2.50. The predicted octanol–water partition coefficient (Wildman–Crippen LogP) is 1.13. The predicted molar refractivity (Wildman–Crippen MR) is 74.4 cm³/mol. The number of piperidine rings is 1. The van der Waals surface area contributed by atoms with E-state index in [0.29, 0.717) is 19.2 Å². The Hall–Kier alpha value is -1.33. The molecule has 19 heavy (non-hydrogen) atoms. The van der Waals surface area contributed by atoms with E-state index in [-0.39, 0.29) is 5.91 Å². The van der Waals surface area contributed by atoms with Crippen LogP contribution in [0.15, 0.2) is 18.3 Å². The Labute approximate surface area is 114 Å². The Balaban J connectivity index is 2.07. The zero-order valence-corrected chi connectivity index (χ0v) is 11.8. The topological polar surface area (TPSA) is 46.5 Å². The van der Waals surface area contributed by atoms with Gasteiger partial charge in [-0.1, -0.05) is 0 Å². The van der Waals surface area contributed by atoms with Gasteiger partial charge in [0.1, 0.15) is 5.69 Å². The van der Waals surface area contributed by atoms with Crippen LogP contribution in [0.1, 0.15) is 29.4 Å². The maximum absolute atomic E-state index is 12.4. The number of carbonyl (C=O) groups is 1. The van der Waals surface area contributed by atoms with Crippen LogP contribution in [-0.4, -0.2) is 55.8 Å². The molecule has 2 rings (SSSR count). The van der Waals surface area contributed by atoms with Crippen LogP contribution < -0.4 is 5.32 Å². The van der Waals surface area contributed by atoms with E-state index in [2.05, 4.69) is 9.88 Å². The highest BCUT2D eigenvalue weighted by molar-refractivity contribution is 5.92. The monoisotopic (exact) mass is 265 g/mol. The minimum absolute atomic E-state index is 0.0700. The van der Waals surface area contributed by atoms with Gasteiger partial charge in [0, 0.05) is 32.9 Å². The maximum Gasteiger partial charge on any atom is 0.270 e. The van der Waals surface area contributed by atoms with Gasteiger partial charge in [-0.2, -0.15) is 0 Å². The number of methoxy groups -OCH3 is 1. The summed E-state index contributed by atoms with van der Waals surface area (Å²) in [7, 11) is 3.47. The number of likely N-dealkylation sites (N-methyl/N-ethyl adjacent to an activating group) is 1. The first-order chi connectivity index (χ1) is 9.24. The van der Waals surface area contributed by atoms with E-state index in [0.717, 1.165) is 31.6 Å². The highest BCUT2D eigenvalue weighted by atomic mass is 16.5. The summed E-state index contributed by atoms with van der Waals surface area (Å²) >= 11 is 0. The largest absolute Gasteiger partial charge is 0.383 e. The van der Waals surface area contributed by atoms with E-state index in [1.165, 1.54) is 0 Å². The first-order valence-electron chi connectivity index (χ1n) is 6.86. The molecule has 2 heterocycles. The maximum atomic E-state index is 12.4. The fourth-order valence-electron chi connectivity index (χ4n) is 2.50. The molecule has 0 atom stereocenters. The zero-order valence-electron chi connectivity index (χ0n) is 11.8. The molecular formula is C14H23N3O2. The zero-order chi connectivity index (χ0) is 13.7. The number of rotatable bonds is 5.